The lowest BCUT2D eigenvalue weighted by Gasteiger charge is -2.34. The SMILES string of the molecule is Cc1ccc(S(=O)(=O)N(CC(=O)N(Cc2ccccc2C)[C@@H](Cc2ccccc2)C(=O)NCC(C)C)c2cc(Cl)cc(Cl)c2)cc1. The summed E-state index contributed by atoms with van der Waals surface area (Å²) in [4.78, 5) is 30.0. The number of benzene rings is 4. The standard InChI is InChI=1S/C36H39Cl2N3O4S/c1-25(2)22-39-36(43)34(18-28-11-6-5-7-12-28)40(23-29-13-9-8-10-27(29)4)35(42)24-41(32-20-30(37)19-31(38)21-32)46(44,45)33-16-14-26(3)15-17-33/h5-17,19-21,25,34H,18,22-24H2,1-4H3,(H,39,43)/t34-/m0/s1. The molecule has 4 aromatic carbocycles. The molecule has 0 aliphatic rings. The molecule has 0 bridgehead atoms. The second-order valence-corrected chi connectivity index (χ2v) is 14.5. The molecule has 4 rings (SSSR count). The number of hydrogen-bond acceptors (Lipinski definition) is 4. The smallest absolute Gasteiger partial charge is 0.264 e. The van der Waals surface area contributed by atoms with Crippen molar-refractivity contribution < 1.29 is 18.0 Å². The van der Waals surface area contributed by atoms with Gasteiger partial charge in [0.1, 0.15) is 12.6 Å². The van der Waals surface area contributed by atoms with Crippen LogP contribution in [0.5, 0.6) is 0 Å². The normalized spacial score (nSPS) is 12.1. The summed E-state index contributed by atoms with van der Waals surface area (Å²) in [5, 5.41) is 3.43. The predicted molar refractivity (Wildman–Crippen MR) is 186 cm³/mol. The third-order valence-corrected chi connectivity index (χ3v) is 9.81. The van der Waals surface area contributed by atoms with Crippen molar-refractivity contribution in [1.82, 2.24) is 10.2 Å². The van der Waals surface area contributed by atoms with Crippen molar-refractivity contribution in [3.8, 4) is 0 Å². The largest absolute Gasteiger partial charge is 0.354 e. The molecule has 0 aliphatic heterocycles. The zero-order valence-electron chi connectivity index (χ0n) is 26.4. The summed E-state index contributed by atoms with van der Waals surface area (Å²) in [6.45, 7) is 7.69. The molecular weight excluding hydrogens is 641 g/mol. The number of anilines is 1. The Morgan fingerprint density at radius 3 is 2.04 bits per heavy atom. The van der Waals surface area contributed by atoms with Crippen molar-refractivity contribution in [1.29, 1.82) is 0 Å². The zero-order chi connectivity index (χ0) is 33.4. The highest BCUT2D eigenvalue weighted by molar-refractivity contribution is 7.92. The lowest BCUT2D eigenvalue weighted by Crippen LogP contribution is -2.53. The fourth-order valence-electron chi connectivity index (χ4n) is 5.00. The molecule has 0 fully saturated rings. The van der Waals surface area contributed by atoms with Gasteiger partial charge in [0, 0.05) is 29.6 Å². The molecule has 242 valence electrons. The molecule has 4 aromatic rings. The van der Waals surface area contributed by atoms with Crippen LogP contribution in [0.25, 0.3) is 0 Å². The van der Waals surface area contributed by atoms with Gasteiger partial charge < -0.3 is 10.2 Å². The van der Waals surface area contributed by atoms with E-state index in [1.807, 2.05) is 82.3 Å². The average molecular weight is 681 g/mol. The Morgan fingerprint density at radius 1 is 0.826 bits per heavy atom. The molecule has 1 N–H and O–H groups in total. The Kier molecular flexibility index (Phi) is 11.9. The maximum atomic E-state index is 14.6. The van der Waals surface area contributed by atoms with Crippen LogP contribution in [0.2, 0.25) is 10.0 Å². The Balaban J connectivity index is 1.83. The molecule has 7 nitrogen and oxygen atoms in total. The first-order chi connectivity index (χ1) is 21.8. The van der Waals surface area contributed by atoms with Crippen LogP contribution in [0.3, 0.4) is 0 Å². The Hall–Kier alpha value is -3.85. The highest BCUT2D eigenvalue weighted by Gasteiger charge is 2.35. The second kappa shape index (κ2) is 15.6. The summed E-state index contributed by atoms with van der Waals surface area (Å²) < 4.78 is 29.4. The third kappa shape index (κ3) is 9.12. The summed E-state index contributed by atoms with van der Waals surface area (Å²) in [5.74, 6) is -0.696. The Labute approximate surface area is 282 Å². The van der Waals surface area contributed by atoms with Gasteiger partial charge in [0.05, 0.1) is 10.6 Å². The van der Waals surface area contributed by atoms with Gasteiger partial charge in [-0.15, -0.1) is 0 Å². The fourth-order valence-corrected chi connectivity index (χ4v) is 6.91. The maximum absolute atomic E-state index is 14.6. The van der Waals surface area contributed by atoms with E-state index in [4.69, 9.17) is 23.2 Å². The molecule has 2 amide bonds. The minimum atomic E-state index is -4.27. The first-order valence-electron chi connectivity index (χ1n) is 15.1. The van der Waals surface area contributed by atoms with Crippen LogP contribution in [0.1, 0.15) is 36.1 Å². The van der Waals surface area contributed by atoms with Gasteiger partial charge in [-0.1, -0.05) is 109 Å². The van der Waals surface area contributed by atoms with Gasteiger partial charge in [-0.25, -0.2) is 8.42 Å². The molecule has 1 atom stereocenters. The van der Waals surface area contributed by atoms with Crippen molar-refractivity contribution in [2.75, 3.05) is 17.4 Å². The van der Waals surface area contributed by atoms with E-state index in [2.05, 4.69) is 5.32 Å². The number of nitrogens with zero attached hydrogens (tertiary/aromatic N) is 2. The maximum Gasteiger partial charge on any atom is 0.264 e. The van der Waals surface area contributed by atoms with Crippen LogP contribution in [-0.4, -0.2) is 44.3 Å². The van der Waals surface area contributed by atoms with Crippen molar-refractivity contribution >= 4 is 50.7 Å². The zero-order valence-corrected chi connectivity index (χ0v) is 28.7. The Morgan fingerprint density at radius 2 is 1.43 bits per heavy atom. The molecule has 46 heavy (non-hydrogen) atoms. The number of rotatable bonds is 13. The van der Waals surface area contributed by atoms with Crippen molar-refractivity contribution in [3.05, 3.63) is 129 Å². The number of aryl methyl sites for hydroxylation is 2. The number of sulfonamides is 1. The van der Waals surface area contributed by atoms with E-state index < -0.39 is 28.5 Å². The monoisotopic (exact) mass is 679 g/mol. The molecule has 0 spiro atoms. The van der Waals surface area contributed by atoms with Crippen molar-refractivity contribution in [2.24, 2.45) is 5.92 Å². The first kappa shape index (κ1) is 35.0. The number of carbonyl (C=O) groups excluding carboxylic acids is 2. The topological polar surface area (TPSA) is 86.8 Å². The van der Waals surface area contributed by atoms with Crippen LogP contribution in [0, 0.1) is 19.8 Å². The molecule has 0 unspecified atom stereocenters. The molecule has 0 radical (unpaired) electrons. The third-order valence-electron chi connectivity index (χ3n) is 7.58. The van der Waals surface area contributed by atoms with Crippen LogP contribution in [-0.2, 0) is 32.6 Å². The van der Waals surface area contributed by atoms with Gasteiger partial charge >= 0.3 is 0 Å². The van der Waals surface area contributed by atoms with E-state index >= 15 is 0 Å². The second-order valence-electron chi connectivity index (χ2n) is 11.7. The van der Waals surface area contributed by atoms with Gasteiger partial charge in [-0.05, 0) is 66.8 Å². The van der Waals surface area contributed by atoms with Crippen molar-refractivity contribution in [2.45, 2.75) is 51.6 Å². The van der Waals surface area contributed by atoms with E-state index in [0.717, 1.165) is 26.6 Å². The minimum Gasteiger partial charge on any atom is -0.354 e. The summed E-state index contributed by atoms with van der Waals surface area (Å²) in [5.41, 5.74) is 3.65. The highest BCUT2D eigenvalue weighted by atomic mass is 35.5. The van der Waals surface area contributed by atoms with Gasteiger partial charge in [-0.2, -0.15) is 0 Å². The van der Waals surface area contributed by atoms with Crippen LogP contribution in [0.4, 0.5) is 5.69 Å². The fraction of sp³-hybridized carbons (Fsp3) is 0.278. The number of amides is 2. The predicted octanol–water partition coefficient (Wildman–Crippen LogP) is 7.22. The first-order valence-corrected chi connectivity index (χ1v) is 17.3. The van der Waals surface area contributed by atoms with Crippen molar-refractivity contribution in [3.63, 3.8) is 0 Å². The lowest BCUT2D eigenvalue weighted by atomic mass is 10.0. The molecule has 0 saturated heterocycles. The van der Waals surface area contributed by atoms with Gasteiger partial charge in [-0.3, -0.25) is 13.9 Å². The van der Waals surface area contributed by atoms with Gasteiger partial charge in [0.15, 0.2) is 0 Å². The number of hydrogen-bond donors (Lipinski definition) is 1. The molecule has 0 saturated carbocycles. The van der Waals surface area contributed by atoms with Gasteiger partial charge in [0.25, 0.3) is 10.0 Å². The summed E-state index contributed by atoms with van der Waals surface area (Å²) in [7, 11) is -4.27. The van der Waals surface area contributed by atoms with Crippen LogP contribution in [0.15, 0.2) is 102 Å². The summed E-state index contributed by atoms with van der Waals surface area (Å²) in [6, 6.07) is 26.9. The quantitative estimate of drug-likeness (QED) is 0.162. The van der Waals surface area contributed by atoms with E-state index in [1.165, 1.54) is 35.2 Å². The average Bonchev–Trinajstić information content (AvgIpc) is 3.01. The lowest BCUT2D eigenvalue weighted by molar-refractivity contribution is -0.140. The molecule has 0 aliphatic carbocycles. The van der Waals surface area contributed by atoms with Crippen LogP contribution >= 0.6 is 23.2 Å². The molecular formula is C36H39Cl2N3O4S. The number of halogens is 2. The molecule has 0 heterocycles. The Bertz CT molecular complexity index is 1740. The summed E-state index contributed by atoms with van der Waals surface area (Å²) in [6.07, 6.45) is 0.232. The summed E-state index contributed by atoms with van der Waals surface area (Å²) >= 11 is 12.6. The minimum absolute atomic E-state index is 0.00274. The van der Waals surface area contributed by atoms with E-state index in [-0.39, 0.29) is 45.4 Å². The number of carbonyl (C=O) groups is 2. The molecule has 0 aromatic heterocycles. The highest BCUT2D eigenvalue weighted by Crippen LogP contribution is 2.30. The van der Waals surface area contributed by atoms with E-state index in [1.54, 1.807) is 12.1 Å². The van der Waals surface area contributed by atoms with Crippen LogP contribution < -0.4 is 9.62 Å². The molecule has 10 heteroatoms. The van der Waals surface area contributed by atoms with E-state index in [9.17, 15) is 18.0 Å². The van der Waals surface area contributed by atoms with Gasteiger partial charge in [0.2, 0.25) is 11.8 Å². The number of nitrogens with one attached hydrogen (secondary N) is 1. The van der Waals surface area contributed by atoms with E-state index in [0.29, 0.717) is 6.54 Å².